The predicted octanol–water partition coefficient (Wildman–Crippen LogP) is 2.05. The molecule has 7 nitrogen and oxygen atoms in total. The van der Waals surface area contributed by atoms with E-state index in [2.05, 4.69) is 10.7 Å². The Morgan fingerprint density at radius 2 is 1.69 bits per heavy atom. The smallest absolute Gasteiger partial charge is 0.307 e. The lowest BCUT2D eigenvalue weighted by molar-refractivity contribution is -0.140. The Balaban J connectivity index is 1.63. The Morgan fingerprint density at radius 3 is 2.38 bits per heavy atom. The van der Waals surface area contributed by atoms with Gasteiger partial charge in [0.05, 0.1) is 5.69 Å². The number of piperazine rings is 1. The highest BCUT2D eigenvalue weighted by Gasteiger charge is 2.33. The molecule has 0 aliphatic carbocycles. The van der Waals surface area contributed by atoms with E-state index in [9.17, 15) is 18.8 Å². The summed E-state index contributed by atoms with van der Waals surface area (Å²) in [7, 11) is 0. The zero-order valence-corrected chi connectivity index (χ0v) is 14.0. The van der Waals surface area contributed by atoms with Gasteiger partial charge in [-0.15, -0.1) is 0 Å². The lowest BCUT2D eigenvalue weighted by Gasteiger charge is -2.33. The number of amides is 4. The lowest BCUT2D eigenvalue weighted by atomic mass is 10.2. The molecule has 0 saturated carbocycles. The second kappa shape index (κ2) is 7.22. The van der Waals surface area contributed by atoms with Crippen LogP contribution in [-0.2, 0) is 9.59 Å². The number of carbonyl (C=O) groups is 3. The molecule has 0 atom stereocenters. The van der Waals surface area contributed by atoms with Gasteiger partial charge in [0.25, 0.3) is 5.91 Å². The second-order valence-electron chi connectivity index (χ2n) is 5.84. The van der Waals surface area contributed by atoms with Gasteiger partial charge in [0, 0.05) is 5.69 Å². The molecule has 0 spiro atoms. The molecule has 4 amide bonds. The monoisotopic (exact) mass is 356 g/mol. The molecule has 2 aromatic carbocycles. The number of nitrogens with one attached hydrogen (secondary N) is 2. The van der Waals surface area contributed by atoms with Crippen molar-refractivity contribution in [2.75, 3.05) is 23.3 Å². The number of hydrazine groups is 1. The van der Waals surface area contributed by atoms with Gasteiger partial charge in [-0.05, 0) is 31.2 Å². The number of nitrogens with zero attached hydrogens (tertiary/aromatic N) is 2. The van der Waals surface area contributed by atoms with Gasteiger partial charge in [0.2, 0.25) is 5.91 Å². The first-order valence-corrected chi connectivity index (χ1v) is 7.93. The van der Waals surface area contributed by atoms with Crippen LogP contribution in [0.1, 0.15) is 5.56 Å². The van der Waals surface area contributed by atoms with Crippen molar-refractivity contribution in [3.8, 4) is 0 Å². The Labute approximate surface area is 149 Å². The number of rotatable bonds is 3. The van der Waals surface area contributed by atoms with Gasteiger partial charge in [-0.1, -0.05) is 29.8 Å². The van der Waals surface area contributed by atoms with E-state index in [-0.39, 0.29) is 18.8 Å². The van der Waals surface area contributed by atoms with Crippen LogP contribution in [0.15, 0.2) is 48.5 Å². The molecule has 1 aliphatic heterocycles. The van der Waals surface area contributed by atoms with Crippen molar-refractivity contribution in [3.63, 3.8) is 0 Å². The van der Waals surface area contributed by atoms with E-state index >= 15 is 0 Å². The van der Waals surface area contributed by atoms with Gasteiger partial charge >= 0.3 is 6.03 Å². The third-order valence-electron chi connectivity index (χ3n) is 3.88. The largest absolute Gasteiger partial charge is 0.338 e. The summed E-state index contributed by atoms with van der Waals surface area (Å²) in [4.78, 5) is 37.6. The molecule has 0 unspecified atom stereocenters. The van der Waals surface area contributed by atoms with Crippen molar-refractivity contribution in [2.45, 2.75) is 6.92 Å². The van der Waals surface area contributed by atoms with Crippen molar-refractivity contribution in [2.24, 2.45) is 0 Å². The van der Waals surface area contributed by atoms with Crippen LogP contribution in [0, 0.1) is 12.7 Å². The maximum absolute atomic E-state index is 13.9. The average molecular weight is 356 g/mol. The molecule has 134 valence electrons. The van der Waals surface area contributed by atoms with Gasteiger partial charge in [0.1, 0.15) is 18.9 Å². The topological polar surface area (TPSA) is 81.8 Å². The van der Waals surface area contributed by atoms with Crippen LogP contribution in [0.25, 0.3) is 0 Å². The van der Waals surface area contributed by atoms with Crippen LogP contribution in [0.2, 0.25) is 0 Å². The highest BCUT2D eigenvalue weighted by molar-refractivity contribution is 6.05. The minimum atomic E-state index is -0.644. The number of halogens is 1. The molecule has 1 saturated heterocycles. The summed E-state index contributed by atoms with van der Waals surface area (Å²) < 4.78 is 13.9. The molecule has 26 heavy (non-hydrogen) atoms. The van der Waals surface area contributed by atoms with Crippen molar-refractivity contribution in [1.29, 1.82) is 0 Å². The number of benzene rings is 2. The number of hydrogen-bond acceptors (Lipinski definition) is 3. The zero-order valence-electron chi connectivity index (χ0n) is 14.0. The van der Waals surface area contributed by atoms with Crippen LogP contribution >= 0.6 is 0 Å². The Hall–Kier alpha value is -3.42. The third-order valence-corrected chi connectivity index (χ3v) is 3.88. The van der Waals surface area contributed by atoms with Crippen molar-refractivity contribution in [1.82, 2.24) is 10.4 Å². The Bertz CT molecular complexity index is 854. The summed E-state index contributed by atoms with van der Waals surface area (Å²) in [6.07, 6.45) is 0. The number of anilines is 2. The summed E-state index contributed by atoms with van der Waals surface area (Å²) in [6, 6.07) is 12.2. The van der Waals surface area contributed by atoms with Gasteiger partial charge in [-0.25, -0.2) is 19.6 Å². The summed E-state index contributed by atoms with van der Waals surface area (Å²) in [5.41, 5.74) is 3.97. The second-order valence-corrected chi connectivity index (χ2v) is 5.84. The van der Waals surface area contributed by atoms with E-state index in [1.807, 2.05) is 19.1 Å². The van der Waals surface area contributed by atoms with Gasteiger partial charge in [-0.2, -0.15) is 0 Å². The van der Waals surface area contributed by atoms with E-state index in [1.165, 1.54) is 18.2 Å². The highest BCUT2D eigenvalue weighted by atomic mass is 19.1. The standard InChI is InChI=1S/C18H17FN4O3/c1-12-6-8-13(9-7-12)20-18(26)21-23-11-16(24)22(10-17(23)25)15-5-3-2-4-14(15)19/h2-9H,10-11H2,1H3,(H2,20,21,26). The van der Waals surface area contributed by atoms with Crippen LogP contribution in [0.3, 0.4) is 0 Å². The molecule has 0 radical (unpaired) electrons. The van der Waals surface area contributed by atoms with Crippen LogP contribution in [0.5, 0.6) is 0 Å². The predicted molar refractivity (Wildman–Crippen MR) is 93.8 cm³/mol. The zero-order chi connectivity index (χ0) is 18.7. The number of carbonyl (C=O) groups excluding carboxylic acids is 3. The molecule has 1 heterocycles. The summed E-state index contributed by atoms with van der Waals surface area (Å²) >= 11 is 0. The van der Waals surface area contributed by atoms with Crippen LogP contribution in [0.4, 0.5) is 20.6 Å². The first-order valence-electron chi connectivity index (χ1n) is 7.93. The minimum Gasteiger partial charge on any atom is -0.307 e. The molecule has 0 bridgehead atoms. The fourth-order valence-corrected chi connectivity index (χ4v) is 2.53. The number of hydrogen-bond donors (Lipinski definition) is 2. The number of para-hydroxylation sites is 1. The van der Waals surface area contributed by atoms with E-state index in [1.54, 1.807) is 18.2 Å². The highest BCUT2D eigenvalue weighted by Crippen LogP contribution is 2.21. The molecule has 2 aromatic rings. The lowest BCUT2D eigenvalue weighted by Crippen LogP contribution is -2.60. The van der Waals surface area contributed by atoms with E-state index in [4.69, 9.17) is 0 Å². The minimum absolute atomic E-state index is 0.0367. The van der Waals surface area contributed by atoms with Crippen LogP contribution in [-0.4, -0.2) is 35.9 Å². The van der Waals surface area contributed by atoms with Crippen LogP contribution < -0.4 is 15.6 Å². The van der Waals surface area contributed by atoms with Crippen molar-refractivity contribution >= 4 is 29.2 Å². The van der Waals surface area contributed by atoms with E-state index < -0.39 is 23.7 Å². The fraction of sp³-hybridized carbons (Fsp3) is 0.167. The maximum atomic E-state index is 13.9. The summed E-state index contributed by atoms with van der Waals surface area (Å²) in [5.74, 6) is -1.61. The normalized spacial score (nSPS) is 14.4. The Kier molecular flexibility index (Phi) is 4.83. The van der Waals surface area contributed by atoms with E-state index in [0.717, 1.165) is 15.5 Å². The van der Waals surface area contributed by atoms with Gasteiger partial charge in [-0.3, -0.25) is 14.5 Å². The Morgan fingerprint density at radius 1 is 1.00 bits per heavy atom. The first kappa shape index (κ1) is 17.4. The third kappa shape index (κ3) is 3.80. The van der Waals surface area contributed by atoms with Crippen molar-refractivity contribution < 1.29 is 18.8 Å². The number of urea groups is 1. The van der Waals surface area contributed by atoms with Crippen molar-refractivity contribution in [3.05, 3.63) is 59.9 Å². The molecule has 3 rings (SSSR count). The maximum Gasteiger partial charge on any atom is 0.338 e. The molecule has 1 fully saturated rings. The molecule has 2 N–H and O–H groups in total. The number of aryl methyl sites for hydroxylation is 1. The quantitative estimate of drug-likeness (QED) is 0.883. The summed E-state index contributed by atoms with van der Waals surface area (Å²) in [5, 5.41) is 3.49. The molecule has 8 heteroatoms. The molecule has 1 aliphatic rings. The first-order chi connectivity index (χ1) is 12.4. The average Bonchev–Trinajstić information content (AvgIpc) is 2.60. The van der Waals surface area contributed by atoms with Gasteiger partial charge < -0.3 is 5.32 Å². The molecule has 0 aromatic heterocycles. The molecular formula is C18H17FN4O3. The van der Waals surface area contributed by atoms with Gasteiger partial charge in [0.15, 0.2) is 0 Å². The summed E-state index contributed by atoms with van der Waals surface area (Å²) in [6.45, 7) is 1.18. The fourth-order valence-electron chi connectivity index (χ4n) is 2.53. The SMILES string of the molecule is Cc1ccc(NC(=O)NN2CC(=O)N(c3ccccc3F)CC2=O)cc1. The molecular weight excluding hydrogens is 339 g/mol. The van der Waals surface area contributed by atoms with E-state index in [0.29, 0.717) is 5.69 Å².